The molecule has 0 atom stereocenters. The molecule has 0 aliphatic heterocycles. The maximum absolute atomic E-state index is 2.53. The van der Waals surface area contributed by atoms with Crippen LogP contribution < -0.4 is 0 Å². The van der Waals surface area contributed by atoms with Crippen LogP contribution in [0.5, 0.6) is 0 Å². The highest BCUT2D eigenvalue weighted by Crippen LogP contribution is 2.20. The van der Waals surface area contributed by atoms with Crippen LogP contribution in [0.2, 0.25) is 0 Å². The van der Waals surface area contributed by atoms with Crippen molar-refractivity contribution < 1.29 is 0 Å². The fraction of sp³-hybridized carbons (Fsp3) is 0.895. The van der Waals surface area contributed by atoms with Crippen LogP contribution in [-0.2, 0) is 0 Å². The third kappa shape index (κ3) is 14.0. The van der Waals surface area contributed by atoms with E-state index in [1.54, 1.807) is 0 Å². The minimum absolute atomic E-state index is 0.803. The van der Waals surface area contributed by atoms with Gasteiger partial charge in [-0.1, -0.05) is 91.2 Å². The van der Waals surface area contributed by atoms with Gasteiger partial charge >= 0.3 is 0 Å². The number of unbranched alkanes of at least 4 members (excludes halogenated alkanes) is 6. The Hall–Kier alpha value is -0.260. The standard InChI is InChI=1S/C19H38/c1-5-7-9-11-15-19(16-12-10-8-6-2)17-13-14-18(3)4/h13,17-19H,5-12,14-16H2,1-4H3/b17-13-. The zero-order chi connectivity index (χ0) is 14.3. The van der Waals surface area contributed by atoms with E-state index in [-0.39, 0.29) is 0 Å². The van der Waals surface area contributed by atoms with Crippen molar-refractivity contribution in [3.05, 3.63) is 12.2 Å². The van der Waals surface area contributed by atoms with Gasteiger partial charge in [-0.3, -0.25) is 0 Å². The quantitative estimate of drug-likeness (QED) is 0.245. The first-order chi connectivity index (χ1) is 9.20. The number of hydrogen-bond acceptors (Lipinski definition) is 0. The summed E-state index contributed by atoms with van der Waals surface area (Å²) >= 11 is 0. The summed E-state index contributed by atoms with van der Waals surface area (Å²) in [7, 11) is 0. The van der Waals surface area contributed by atoms with E-state index in [4.69, 9.17) is 0 Å². The molecule has 0 bridgehead atoms. The summed E-state index contributed by atoms with van der Waals surface area (Å²) < 4.78 is 0. The Labute approximate surface area is 123 Å². The van der Waals surface area contributed by atoms with Crippen LogP contribution in [0.4, 0.5) is 0 Å². The molecule has 0 aliphatic carbocycles. The number of hydrogen-bond donors (Lipinski definition) is 0. The smallest absolute Gasteiger partial charge is 0.0234 e. The van der Waals surface area contributed by atoms with Gasteiger partial charge in [0.15, 0.2) is 0 Å². The molecule has 0 unspecified atom stereocenters. The topological polar surface area (TPSA) is 0 Å². The average molecular weight is 267 g/mol. The molecule has 0 aromatic carbocycles. The molecule has 0 rings (SSSR count). The van der Waals surface area contributed by atoms with Gasteiger partial charge in [-0.25, -0.2) is 0 Å². The largest absolute Gasteiger partial charge is 0.0880 e. The fourth-order valence-electron chi connectivity index (χ4n) is 2.55. The molecule has 0 heterocycles. The van der Waals surface area contributed by atoms with Gasteiger partial charge in [0, 0.05) is 0 Å². The molecule has 0 aromatic rings. The predicted octanol–water partition coefficient (Wildman–Crippen LogP) is 7.15. The predicted molar refractivity (Wildman–Crippen MR) is 89.6 cm³/mol. The van der Waals surface area contributed by atoms with Crippen LogP contribution >= 0.6 is 0 Å². The van der Waals surface area contributed by atoms with Crippen LogP contribution in [0.3, 0.4) is 0 Å². The van der Waals surface area contributed by atoms with Crippen LogP contribution in [0.1, 0.15) is 98.3 Å². The molecule has 0 nitrogen and oxygen atoms in total. The third-order valence-corrected chi connectivity index (χ3v) is 3.87. The van der Waals surface area contributed by atoms with E-state index < -0.39 is 0 Å². The van der Waals surface area contributed by atoms with Gasteiger partial charge in [0.2, 0.25) is 0 Å². The summed E-state index contributed by atoms with van der Waals surface area (Å²) in [5.74, 6) is 1.66. The summed E-state index contributed by atoms with van der Waals surface area (Å²) in [6.07, 6.45) is 20.3. The Morgan fingerprint density at radius 2 is 1.26 bits per heavy atom. The lowest BCUT2D eigenvalue weighted by atomic mass is 9.93. The van der Waals surface area contributed by atoms with Gasteiger partial charge in [0.25, 0.3) is 0 Å². The van der Waals surface area contributed by atoms with Crippen molar-refractivity contribution >= 4 is 0 Å². The molecule has 0 N–H and O–H groups in total. The highest BCUT2D eigenvalue weighted by atomic mass is 14.1. The van der Waals surface area contributed by atoms with Gasteiger partial charge in [-0.2, -0.15) is 0 Å². The Kier molecular flexibility index (Phi) is 14.0. The van der Waals surface area contributed by atoms with Crippen molar-refractivity contribution in [1.29, 1.82) is 0 Å². The van der Waals surface area contributed by atoms with Crippen molar-refractivity contribution in [3.8, 4) is 0 Å². The molecule has 0 amide bonds. The van der Waals surface area contributed by atoms with Gasteiger partial charge in [-0.05, 0) is 31.1 Å². The number of allylic oxidation sites excluding steroid dienone is 2. The zero-order valence-corrected chi connectivity index (χ0v) is 14.1. The fourth-order valence-corrected chi connectivity index (χ4v) is 2.55. The van der Waals surface area contributed by atoms with Crippen LogP contribution in [-0.4, -0.2) is 0 Å². The lowest BCUT2D eigenvalue weighted by Crippen LogP contribution is -1.98. The van der Waals surface area contributed by atoms with Crippen molar-refractivity contribution in [2.75, 3.05) is 0 Å². The Morgan fingerprint density at radius 1 is 0.737 bits per heavy atom. The van der Waals surface area contributed by atoms with Crippen molar-refractivity contribution in [2.24, 2.45) is 11.8 Å². The SMILES string of the molecule is CCCCCCC(/C=C\CC(C)C)CCCCCC. The summed E-state index contributed by atoms with van der Waals surface area (Å²) in [5.41, 5.74) is 0. The van der Waals surface area contributed by atoms with E-state index in [0.29, 0.717) is 0 Å². The van der Waals surface area contributed by atoms with Gasteiger partial charge in [0.1, 0.15) is 0 Å². The molecule has 0 saturated heterocycles. The minimum Gasteiger partial charge on any atom is -0.0880 e. The monoisotopic (exact) mass is 266 g/mol. The second-order valence-electron chi connectivity index (χ2n) is 6.52. The highest BCUT2D eigenvalue weighted by Gasteiger charge is 2.04. The molecule has 0 radical (unpaired) electrons. The first-order valence-electron chi connectivity index (χ1n) is 8.87. The first kappa shape index (κ1) is 18.7. The van der Waals surface area contributed by atoms with E-state index in [9.17, 15) is 0 Å². The summed E-state index contributed by atoms with van der Waals surface area (Å²) in [4.78, 5) is 0. The highest BCUT2D eigenvalue weighted by molar-refractivity contribution is 4.89. The first-order valence-corrected chi connectivity index (χ1v) is 8.87. The van der Waals surface area contributed by atoms with Gasteiger partial charge in [0.05, 0.1) is 0 Å². The van der Waals surface area contributed by atoms with Crippen molar-refractivity contribution in [1.82, 2.24) is 0 Å². The zero-order valence-electron chi connectivity index (χ0n) is 14.1. The normalized spacial score (nSPS) is 12.1. The van der Waals surface area contributed by atoms with E-state index >= 15 is 0 Å². The molecule has 0 saturated carbocycles. The van der Waals surface area contributed by atoms with E-state index in [2.05, 4.69) is 39.8 Å². The second-order valence-corrected chi connectivity index (χ2v) is 6.52. The summed E-state index contributed by atoms with van der Waals surface area (Å²) in [6, 6.07) is 0. The van der Waals surface area contributed by atoms with E-state index in [0.717, 1.165) is 11.8 Å². The average Bonchev–Trinajstić information content (AvgIpc) is 2.38. The third-order valence-electron chi connectivity index (χ3n) is 3.87. The lowest BCUT2D eigenvalue weighted by Gasteiger charge is -2.13. The second kappa shape index (κ2) is 14.2. The lowest BCUT2D eigenvalue weighted by molar-refractivity contribution is 0.471. The summed E-state index contributed by atoms with van der Waals surface area (Å²) in [5, 5.41) is 0. The molecule has 114 valence electrons. The van der Waals surface area contributed by atoms with Gasteiger partial charge < -0.3 is 0 Å². The van der Waals surface area contributed by atoms with E-state index in [1.165, 1.54) is 70.6 Å². The maximum Gasteiger partial charge on any atom is -0.0234 e. The van der Waals surface area contributed by atoms with Crippen LogP contribution in [0.15, 0.2) is 12.2 Å². The number of rotatable bonds is 13. The molecule has 0 heteroatoms. The Bertz CT molecular complexity index is 178. The van der Waals surface area contributed by atoms with E-state index in [1.807, 2.05) is 0 Å². The molecule has 0 fully saturated rings. The Morgan fingerprint density at radius 3 is 1.68 bits per heavy atom. The molecule has 0 spiro atoms. The van der Waals surface area contributed by atoms with Gasteiger partial charge in [-0.15, -0.1) is 0 Å². The maximum atomic E-state index is 2.53. The molecule has 0 aromatic heterocycles. The molecular formula is C19H38. The van der Waals surface area contributed by atoms with Crippen molar-refractivity contribution in [2.45, 2.75) is 98.3 Å². The summed E-state index contributed by atoms with van der Waals surface area (Å²) in [6.45, 7) is 9.21. The minimum atomic E-state index is 0.803. The molecular weight excluding hydrogens is 228 g/mol. The molecule has 19 heavy (non-hydrogen) atoms. The van der Waals surface area contributed by atoms with Crippen LogP contribution in [0, 0.1) is 11.8 Å². The van der Waals surface area contributed by atoms with Crippen molar-refractivity contribution in [3.63, 3.8) is 0 Å². The Balaban J connectivity index is 3.88. The molecule has 0 aliphatic rings. The van der Waals surface area contributed by atoms with Crippen LogP contribution in [0.25, 0.3) is 0 Å².